The fourth-order valence-electron chi connectivity index (χ4n) is 1.17. The molecule has 2 atom stereocenters. The number of epoxide rings is 1. The third kappa shape index (κ3) is 1.68. The smallest absolute Gasteiger partial charge is 0.0835 e. The Bertz CT molecular complexity index is 105. The van der Waals surface area contributed by atoms with Crippen LogP contribution in [0.3, 0.4) is 0 Å². The molecule has 0 spiro atoms. The molecular weight excluding hydrogens is 132 g/mol. The Kier molecular flexibility index (Phi) is 1.88. The molecule has 0 aromatic heterocycles. The summed E-state index contributed by atoms with van der Waals surface area (Å²) < 4.78 is 15.7. The van der Waals surface area contributed by atoms with Crippen LogP contribution in [0.1, 0.15) is 6.42 Å². The molecule has 2 aliphatic heterocycles. The van der Waals surface area contributed by atoms with E-state index in [0.29, 0.717) is 12.2 Å². The molecule has 2 aliphatic rings. The van der Waals surface area contributed by atoms with Gasteiger partial charge in [0.2, 0.25) is 0 Å². The van der Waals surface area contributed by atoms with Gasteiger partial charge in [0.15, 0.2) is 0 Å². The summed E-state index contributed by atoms with van der Waals surface area (Å²) >= 11 is 0. The zero-order chi connectivity index (χ0) is 6.81. The van der Waals surface area contributed by atoms with Gasteiger partial charge in [-0.15, -0.1) is 0 Å². The molecule has 0 aromatic rings. The van der Waals surface area contributed by atoms with E-state index in [9.17, 15) is 0 Å². The molecule has 2 fully saturated rings. The van der Waals surface area contributed by atoms with Crippen molar-refractivity contribution in [3.8, 4) is 0 Å². The van der Waals surface area contributed by atoms with E-state index in [2.05, 4.69) is 0 Å². The first-order valence-corrected chi connectivity index (χ1v) is 3.76. The van der Waals surface area contributed by atoms with E-state index >= 15 is 0 Å². The summed E-state index contributed by atoms with van der Waals surface area (Å²) in [6.45, 7) is 3.17. The minimum absolute atomic E-state index is 0.293. The molecule has 3 heteroatoms. The van der Waals surface area contributed by atoms with E-state index in [-0.39, 0.29) is 0 Å². The summed E-state index contributed by atoms with van der Waals surface area (Å²) in [5, 5.41) is 0. The van der Waals surface area contributed by atoms with Crippen molar-refractivity contribution in [3.63, 3.8) is 0 Å². The van der Waals surface area contributed by atoms with Gasteiger partial charge in [-0.3, -0.25) is 0 Å². The van der Waals surface area contributed by atoms with Gasteiger partial charge in [-0.05, 0) is 0 Å². The van der Waals surface area contributed by atoms with Crippen molar-refractivity contribution in [2.75, 3.05) is 26.4 Å². The highest BCUT2D eigenvalue weighted by atomic mass is 16.6. The van der Waals surface area contributed by atoms with Crippen LogP contribution in [0.2, 0.25) is 0 Å². The van der Waals surface area contributed by atoms with Gasteiger partial charge < -0.3 is 14.2 Å². The maximum absolute atomic E-state index is 5.42. The van der Waals surface area contributed by atoms with E-state index < -0.39 is 0 Å². The van der Waals surface area contributed by atoms with Crippen LogP contribution in [0, 0.1) is 0 Å². The Morgan fingerprint density at radius 2 is 1.80 bits per heavy atom. The van der Waals surface area contributed by atoms with E-state index in [1.807, 2.05) is 0 Å². The van der Waals surface area contributed by atoms with E-state index in [0.717, 1.165) is 32.8 Å². The van der Waals surface area contributed by atoms with Crippen LogP contribution in [-0.4, -0.2) is 38.6 Å². The van der Waals surface area contributed by atoms with Crippen LogP contribution in [0.4, 0.5) is 0 Å². The fraction of sp³-hybridized carbons (Fsp3) is 1.00. The molecule has 10 heavy (non-hydrogen) atoms. The zero-order valence-electron chi connectivity index (χ0n) is 5.91. The first-order chi connectivity index (χ1) is 4.95. The van der Waals surface area contributed by atoms with Crippen LogP contribution < -0.4 is 0 Å². The van der Waals surface area contributed by atoms with Crippen LogP contribution in [0.15, 0.2) is 0 Å². The molecule has 2 heterocycles. The van der Waals surface area contributed by atoms with Crippen molar-refractivity contribution in [2.45, 2.75) is 18.6 Å². The van der Waals surface area contributed by atoms with Gasteiger partial charge in [0.25, 0.3) is 0 Å². The minimum Gasteiger partial charge on any atom is -0.376 e. The third-order valence-electron chi connectivity index (χ3n) is 1.81. The summed E-state index contributed by atoms with van der Waals surface area (Å²) in [4.78, 5) is 0. The van der Waals surface area contributed by atoms with Gasteiger partial charge in [-0.2, -0.15) is 0 Å². The number of ether oxygens (including phenoxy) is 3. The van der Waals surface area contributed by atoms with Crippen molar-refractivity contribution in [1.82, 2.24) is 0 Å². The Morgan fingerprint density at radius 3 is 2.40 bits per heavy atom. The Balaban J connectivity index is 1.69. The lowest BCUT2D eigenvalue weighted by atomic mass is 10.2. The summed E-state index contributed by atoms with van der Waals surface area (Å²) in [7, 11) is 0. The van der Waals surface area contributed by atoms with Gasteiger partial charge >= 0.3 is 0 Å². The number of hydrogen-bond donors (Lipinski definition) is 0. The molecular formula is C7H12O3. The maximum Gasteiger partial charge on any atom is 0.0835 e. The summed E-state index contributed by atoms with van der Waals surface area (Å²) in [5.41, 5.74) is 0. The van der Waals surface area contributed by atoms with Crippen molar-refractivity contribution < 1.29 is 14.2 Å². The van der Waals surface area contributed by atoms with E-state index in [1.54, 1.807) is 0 Å². The topological polar surface area (TPSA) is 31.0 Å². The summed E-state index contributed by atoms with van der Waals surface area (Å²) in [6, 6.07) is 0. The molecule has 0 aromatic carbocycles. The van der Waals surface area contributed by atoms with E-state index in [1.165, 1.54) is 0 Å². The quantitative estimate of drug-likeness (QED) is 0.518. The Hall–Kier alpha value is -0.120. The molecule has 0 N–H and O–H groups in total. The normalized spacial score (nSPS) is 39.6. The van der Waals surface area contributed by atoms with Crippen LogP contribution in [-0.2, 0) is 14.2 Å². The molecule has 58 valence electrons. The highest BCUT2D eigenvalue weighted by Crippen LogP contribution is 2.18. The Morgan fingerprint density at radius 1 is 1.00 bits per heavy atom. The maximum atomic E-state index is 5.42. The van der Waals surface area contributed by atoms with E-state index in [4.69, 9.17) is 14.2 Å². The van der Waals surface area contributed by atoms with Crippen molar-refractivity contribution >= 4 is 0 Å². The lowest BCUT2D eigenvalue weighted by Crippen LogP contribution is -2.29. The number of hydrogen-bond acceptors (Lipinski definition) is 3. The number of rotatable bonds is 2. The largest absolute Gasteiger partial charge is 0.376 e. The second-order valence-electron chi connectivity index (χ2n) is 2.76. The molecule has 2 rings (SSSR count). The third-order valence-corrected chi connectivity index (χ3v) is 1.81. The molecule has 2 saturated heterocycles. The van der Waals surface area contributed by atoms with Crippen molar-refractivity contribution in [2.24, 2.45) is 0 Å². The lowest BCUT2D eigenvalue weighted by molar-refractivity contribution is -0.0924. The predicted molar refractivity (Wildman–Crippen MR) is 34.9 cm³/mol. The lowest BCUT2D eigenvalue weighted by Gasteiger charge is -2.21. The molecule has 0 aliphatic carbocycles. The summed E-state index contributed by atoms with van der Waals surface area (Å²) in [6.07, 6.45) is 1.77. The van der Waals surface area contributed by atoms with Gasteiger partial charge in [0.1, 0.15) is 0 Å². The van der Waals surface area contributed by atoms with Gasteiger partial charge in [-0.1, -0.05) is 0 Å². The van der Waals surface area contributed by atoms with Gasteiger partial charge in [0, 0.05) is 6.42 Å². The molecule has 3 nitrogen and oxygen atoms in total. The monoisotopic (exact) mass is 144 g/mol. The van der Waals surface area contributed by atoms with Crippen LogP contribution in [0.25, 0.3) is 0 Å². The minimum atomic E-state index is 0.293. The molecule has 0 amide bonds. The van der Waals surface area contributed by atoms with Gasteiger partial charge in [0.05, 0.1) is 38.6 Å². The Labute approximate surface area is 60.3 Å². The zero-order valence-corrected chi connectivity index (χ0v) is 5.91. The average Bonchev–Trinajstić information content (AvgIpc) is 2.74. The van der Waals surface area contributed by atoms with Crippen molar-refractivity contribution in [1.29, 1.82) is 0 Å². The average molecular weight is 144 g/mol. The van der Waals surface area contributed by atoms with Crippen molar-refractivity contribution in [3.05, 3.63) is 0 Å². The second-order valence-corrected chi connectivity index (χ2v) is 2.76. The molecule has 0 bridgehead atoms. The summed E-state index contributed by atoms with van der Waals surface area (Å²) in [5.74, 6) is 0. The SMILES string of the molecule is C1COC(CC2CO2)CO1. The first kappa shape index (κ1) is 6.58. The molecule has 2 unspecified atom stereocenters. The fourth-order valence-corrected chi connectivity index (χ4v) is 1.17. The van der Waals surface area contributed by atoms with Crippen LogP contribution >= 0.6 is 0 Å². The first-order valence-electron chi connectivity index (χ1n) is 3.76. The molecule has 0 saturated carbocycles. The standard InChI is InChI=1S/C7H12O3/c1-2-9-6(4-8-1)3-7-5-10-7/h6-7H,1-5H2. The second kappa shape index (κ2) is 2.86. The molecule has 0 radical (unpaired) electrons. The predicted octanol–water partition coefficient (Wildman–Crippen LogP) is 0.191. The highest BCUT2D eigenvalue weighted by molar-refractivity contribution is 4.75. The highest BCUT2D eigenvalue weighted by Gasteiger charge is 2.28. The van der Waals surface area contributed by atoms with Crippen LogP contribution in [0.5, 0.6) is 0 Å². The van der Waals surface area contributed by atoms with Gasteiger partial charge in [-0.25, -0.2) is 0 Å².